The van der Waals surface area contributed by atoms with Gasteiger partial charge in [-0.3, -0.25) is 9.80 Å². The molecule has 1 aromatic heterocycles. The minimum atomic E-state index is 0. The molecule has 2 N–H and O–H groups in total. The number of nitrogens with zero attached hydrogens (tertiary/aromatic N) is 3. The Morgan fingerprint density at radius 3 is 2.57 bits per heavy atom. The molecule has 2 heterocycles. The highest BCUT2D eigenvalue weighted by Crippen LogP contribution is 2.28. The van der Waals surface area contributed by atoms with Crippen LogP contribution in [0.2, 0.25) is 5.02 Å². The number of aromatic nitrogens is 1. The van der Waals surface area contributed by atoms with Gasteiger partial charge in [0.05, 0.1) is 0 Å². The molecule has 0 aliphatic carbocycles. The van der Waals surface area contributed by atoms with E-state index in [1.54, 1.807) is 11.3 Å². The molecular formula is C16H22Cl2N4S. The van der Waals surface area contributed by atoms with Crippen molar-refractivity contribution in [3.05, 3.63) is 45.9 Å². The number of nitrogen functional groups attached to an aromatic ring is 1. The Hall–Kier alpha value is -0.850. The highest BCUT2D eigenvalue weighted by Gasteiger charge is 2.23. The van der Waals surface area contributed by atoms with E-state index in [4.69, 9.17) is 17.3 Å². The SMILES string of the molecule is CC(c1ccccc1Cl)N1CCN(Cc2cnc(N)s2)CC1.Cl. The van der Waals surface area contributed by atoms with Gasteiger partial charge in [-0.25, -0.2) is 4.98 Å². The number of halogens is 2. The Kier molecular flexibility index (Phi) is 6.68. The zero-order valence-electron chi connectivity index (χ0n) is 13.1. The number of rotatable bonds is 4. The van der Waals surface area contributed by atoms with E-state index in [9.17, 15) is 0 Å². The van der Waals surface area contributed by atoms with Gasteiger partial charge in [-0.05, 0) is 18.6 Å². The van der Waals surface area contributed by atoms with Crippen LogP contribution in [-0.4, -0.2) is 41.0 Å². The van der Waals surface area contributed by atoms with E-state index in [0.29, 0.717) is 11.2 Å². The maximum Gasteiger partial charge on any atom is 0.180 e. The molecule has 1 aliphatic rings. The Morgan fingerprint density at radius 1 is 1.26 bits per heavy atom. The first-order valence-electron chi connectivity index (χ1n) is 7.54. The lowest BCUT2D eigenvalue weighted by Gasteiger charge is -2.38. The lowest BCUT2D eigenvalue weighted by molar-refractivity contribution is 0.0985. The van der Waals surface area contributed by atoms with Gasteiger partial charge in [0.15, 0.2) is 5.13 Å². The van der Waals surface area contributed by atoms with E-state index in [-0.39, 0.29) is 12.4 Å². The average Bonchev–Trinajstić information content (AvgIpc) is 2.93. The third-order valence-electron chi connectivity index (χ3n) is 4.26. The van der Waals surface area contributed by atoms with Gasteiger partial charge < -0.3 is 5.73 Å². The molecule has 0 saturated carbocycles. The molecule has 0 radical (unpaired) electrons. The third-order valence-corrected chi connectivity index (χ3v) is 5.42. The van der Waals surface area contributed by atoms with Crippen LogP contribution in [0.4, 0.5) is 5.13 Å². The Labute approximate surface area is 152 Å². The van der Waals surface area contributed by atoms with E-state index in [0.717, 1.165) is 37.7 Å². The van der Waals surface area contributed by atoms with Gasteiger partial charge in [0.1, 0.15) is 0 Å². The molecule has 23 heavy (non-hydrogen) atoms. The van der Waals surface area contributed by atoms with Crippen LogP contribution in [0.5, 0.6) is 0 Å². The van der Waals surface area contributed by atoms with Gasteiger partial charge in [-0.2, -0.15) is 0 Å². The number of piperazine rings is 1. The number of anilines is 1. The fraction of sp³-hybridized carbons (Fsp3) is 0.438. The van der Waals surface area contributed by atoms with Gasteiger partial charge in [0, 0.05) is 54.9 Å². The minimum absolute atomic E-state index is 0. The van der Waals surface area contributed by atoms with Gasteiger partial charge in [-0.1, -0.05) is 29.8 Å². The Morgan fingerprint density at radius 2 is 1.96 bits per heavy atom. The summed E-state index contributed by atoms with van der Waals surface area (Å²) in [5.74, 6) is 0. The lowest BCUT2D eigenvalue weighted by atomic mass is 10.1. The summed E-state index contributed by atoms with van der Waals surface area (Å²) in [5, 5.41) is 1.51. The van der Waals surface area contributed by atoms with Crippen molar-refractivity contribution >= 4 is 40.5 Å². The molecule has 0 spiro atoms. The lowest BCUT2D eigenvalue weighted by Crippen LogP contribution is -2.46. The van der Waals surface area contributed by atoms with Crippen LogP contribution in [-0.2, 0) is 6.54 Å². The van der Waals surface area contributed by atoms with Gasteiger partial charge >= 0.3 is 0 Å². The summed E-state index contributed by atoms with van der Waals surface area (Å²) in [6.07, 6.45) is 1.89. The summed E-state index contributed by atoms with van der Waals surface area (Å²) in [6, 6.07) is 8.49. The fourth-order valence-electron chi connectivity index (χ4n) is 2.94. The smallest absolute Gasteiger partial charge is 0.180 e. The fourth-order valence-corrected chi connectivity index (χ4v) is 3.96. The highest BCUT2D eigenvalue weighted by molar-refractivity contribution is 7.15. The summed E-state index contributed by atoms with van der Waals surface area (Å²) < 4.78 is 0. The molecule has 4 nitrogen and oxygen atoms in total. The largest absolute Gasteiger partial charge is 0.375 e. The summed E-state index contributed by atoms with van der Waals surface area (Å²) in [4.78, 5) is 10.3. The van der Waals surface area contributed by atoms with E-state index < -0.39 is 0 Å². The molecule has 0 bridgehead atoms. The van der Waals surface area contributed by atoms with E-state index in [1.807, 2.05) is 18.3 Å². The van der Waals surface area contributed by atoms with Crippen LogP contribution in [0.1, 0.15) is 23.4 Å². The van der Waals surface area contributed by atoms with Crippen LogP contribution in [0.25, 0.3) is 0 Å². The van der Waals surface area contributed by atoms with Crippen molar-refractivity contribution in [3.63, 3.8) is 0 Å². The van der Waals surface area contributed by atoms with Gasteiger partial charge in [-0.15, -0.1) is 23.7 Å². The molecule has 126 valence electrons. The third kappa shape index (κ3) is 4.58. The quantitative estimate of drug-likeness (QED) is 0.888. The molecule has 1 fully saturated rings. The van der Waals surface area contributed by atoms with Crippen LogP contribution < -0.4 is 5.73 Å². The van der Waals surface area contributed by atoms with Crippen LogP contribution >= 0.6 is 35.3 Å². The van der Waals surface area contributed by atoms with E-state index >= 15 is 0 Å². The highest BCUT2D eigenvalue weighted by atomic mass is 35.5. The molecule has 3 rings (SSSR count). The Bertz CT molecular complexity index is 626. The Balaban J connectivity index is 0.00000192. The van der Waals surface area contributed by atoms with Crippen LogP contribution in [0, 0.1) is 0 Å². The van der Waals surface area contributed by atoms with Gasteiger partial charge in [0.25, 0.3) is 0 Å². The van der Waals surface area contributed by atoms with Crippen molar-refractivity contribution in [2.75, 3.05) is 31.9 Å². The summed E-state index contributed by atoms with van der Waals surface area (Å²) in [7, 11) is 0. The second kappa shape index (κ2) is 8.31. The van der Waals surface area contributed by atoms with Crippen molar-refractivity contribution in [2.45, 2.75) is 19.5 Å². The molecule has 0 amide bonds. The standard InChI is InChI=1S/C16H21ClN4S.ClH/c1-12(14-4-2-3-5-15(14)17)21-8-6-20(7-9-21)11-13-10-19-16(18)22-13;/h2-5,10,12H,6-9,11H2,1H3,(H2,18,19);1H. The number of hydrogen-bond acceptors (Lipinski definition) is 5. The minimum Gasteiger partial charge on any atom is -0.375 e. The molecule has 1 saturated heterocycles. The number of nitrogens with two attached hydrogens (primary N) is 1. The van der Waals surface area contributed by atoms with Crippen molar-refractivity contribution in [3.8, 4) is 0 Å². The molecule has 1 aromatic carbocycles. The molecule has 1 aliphatic heterocycles. The van der Waals surface area contributed by atoms with Crippen molar-refractivity contribution in [1.82, 2.24) is 14.8 Å². The molecule has 2 aromatic rings. The number of hydrogen-bond donors (Lipinski definition) is 1. The topological polar surface area (TPSA) is 45.4 Å². The molecule has 1 unspecified atom stereocenters. The summed E-state index contributed by atoms with van der Waals surface area (Å²) in [5.41, 5.74) is 6.91. The van der Waals surface area contributed by atoms with Crippen LogP contribution in [0.3, 0.4) is 0 Å². The summed E-state index contributed by atoms with van der Waals surface area (Å²) >= 11 is 7.90. The maximum absolute atomic E-state index is 6.32. The van der Waals surface area contributed by atoms with Crippen molar-refractivity contribution < 1.29 is 0 Å². The van der Waals surface area contributed by atoms with Crippen LogP contribution in [0.15, 0.2) is 30.5 Å². The van der Waals surface area contributed by atoms with Crippen molar-refractivity contribution in [2.24, 2.45) is 0 Å². The number of benzene rings is 1. The average molecular weight is 373 g/mol. The predicted octanol–water partition coefficient (Wildman–Crippen LogP) is 3.68. The van der Waals surface area contributed by atoms with E-state index in [1.165, 1.54) is 10.4 Å². The zero-order chi connectivity index (χ0) is 15.5. The summed E-state index contributed by atoms with van der Waals surface area (Å²) in [6.45, 7) is 7.42. The van der Waals surface area contributed by atoms with Gasteiger partial charge in [0.2, 0.25) is 0 Å². The normalized spacial score (nSPS) is 17.7. The molecule has 7 heteroatoms. The number of thiazole rings is 1. The predicted molar refractivity (Wildman–Crippen MR) is 100 cm³/mol. The molecular weight excluding hydrogens is 351 g/mol. The first-order chi connectivity index (χ1) is 10.6. The van der Waals surface area contributed by atoms with E-state index in [2.05, 4.69) is 33.8 Å². The second-order valence-electron chi connectivity index (χ2n) is 5.67. The van der Waals surface area contributed by atoms with Crippen molar-refractivity contribution in [1.29, 1.82) is 0 Å². The second-order valence-corrected chi connectivity index (χ2v) is 7.23. The monoisotopic (exact) mass is 372 g/mol. The first-order valence-corrected chi connectivity index (χ1v) is 8.74. The molecule has 1 atom stereocenters. The first kappa shape index (κ1) is 18.5. The maximum atomic E-state index is 6.32. The zero-order valence-corrected chi connectivity index (χ0v) is 15.5.